The van der Waals surface area contributed by atoms with Gasteiger partial charge in [0.2, 0.25) is 5.16 Å². The van der Waals surface area contributed by atoms with Crippen LogP contribution in [0.25, 0.3) is 0 Å². The van der Waals surface area contributed by atoms with Crippen molar-refractivity contribution in [3.63, 3.8) is 0 Å². The second-order valence-electron chi connectivity index (χ2n) is 4.62. The van der Waals surface area contributed by atoms with Crippen LogP contribution in [-0.4, -0.2) is 26.7 Å². The summed E-state index contributed by atoms with van der Waals surface area (Å²) < 4.78 is 38.4. The molecule has 3 nitrogen and oxygen atoms in total. The van der Waals surface area contributed by atoms with Crippen LogP contribution in [0.1, 0.15) is 23.9 Å². The molecule has 0 amide bonds. The van der Waals surface area contributed by atoms with Gasteiger partial charge in [-0.15, -0.1) is 5.10 Å². The van der Waals surface area contributed by atoms with Crippen LogP contribution >= 0.6 is 11.8 Å². The van der Waals surface area contributed by atoms with E-state index in [1.165, 1.54) is 0 Å². The number of alkyl halides is 3. The molecule has 7 heteroatoms. The maximum Gasteiger partial charge on any atom is 0.398 e. The van der Waals surface area contributed by atoms with E-state index in [4.69, 9.17) is 0 Å². The number of aromatic nitrogens is 3. The fraction of sp³-hybridized carbons (Fsp3) is 0.385. The minimum absolute atomic E-state index is 0.0823. The maximum atomic E-state index is 12.2. The predicted molar refractivity (Wildman–Crippen MR) is 69.7 cm³/mol. The van der Waals surface area contributed by atoms with Crippen molar-refractivity contribution < 1.29 is 13.2 Å². The second kappa shape index (κ2) is 5.12. The van der Waals surface area contributed by atoms with Gasteiger partial charge in [-0.05, 0) is 12.0 Å². The molecule has 0 saturated heterocycles. The zero-order valence-corrected chi connectivity index (χ0v) is 11.3. The van der Waals surface area contributed by atoms with Crippen LogP contribution in [0.15, 0.2) is 35.5 Å². The molecule has 0 aliphatic carbocycles. The number of rotatable bonds is 3. The van der Waals surface area contributed by atoms with Gasteiger partial charge in [-0.2, -0.15) is 13.2 Å². The molecule has 1 unspecified atom stereocenters. The van der Waals surface area contributed by atoms with Gasteiger partial charge in [0.25, 0.3) is 0 Å². The normalized spacial score (nSPS) is 18.2. The lowest BCUT2D eigenvalue weighted by Gasteiger charge is -2.11. The van der Waals surface area contributed by atoms with Gasteiger partial charge in [0, 0.05) is 6.42 Å². The summed E-state index contributed by atoms with van der Waals surface area (Å²) in [6.45, 7) is 0. The van der Waals surface area contributed by atoms with E-state index in [2.05, 4.69) is 10.1 Å². The SMILES string of the molecule is FC(F)(F)CSc1nc2n(n1)C(c1ccccc1)CC2. The van der Waals surface area contributed by atoms with Crippen molar-refractivity contribution in [3.8, 4) is 0 Å². The molecular weight excluding hydrogens is 287 g/mol. The minimum Gasteiger partial charge on any atom is -0.241 e. The maximum absolute atomic E-state index is 12.2. The Bertz CT molecular complexity index is 595. The van der Waals surface area contributed by atoms with Crippen LogP contribution in [0.5, 0.6) is 0 Å². The van der Waals surface area contributed by atoms with Gasteiger partial charge in [-0.25, -0.2) is 9.67 Å². The molecular formula is C13H12F3N3S. The number of hydrogen-bond donors (Lipinski definition) is 0. The lowest BCUT2D eigenvalue weighted by Crippen LogP contribution is -2.11. The molecule has 106 valence electrons. The van der Waals surface area contributed by atoms with Crippen molar-refractivity contribution in [2.45, 2.75) is 30.2 Å². The van der Waals surface area contributed by atoms with Gasteiger partial charge in [-0.3, -0.25) is 0 Å². The van der Waals surface area contributed by atoms with Crippen molar-refractivity contribution >= 4 is 11.8 Å². The van der Waals surface area contributed by atoms with Crippen LogP contribution in [0, 0.1) is 0 Å². The molecule has 1 aromatic carbocycles. The third-order valence-corrected chi connectivity index (χ3v) is 4.07. The predicted octanol–water partition coefficient (Wildman–Crippen LogP) is 3.47. The number of nitrogens with zero attached hydrogens (tertiary/aromatic N) is 3. The minimum atomic E-state index is -4.20. The molecule has 0 radical (unpaired) electrons. The first kappa shape index (κ1) is 13.5. The number of hydrogen-bond acceptors (Lipinski definition) is 3. The standard InChI is InChI=1S/C13H12F3N3S/c14-13(15,16)8-20-12-17-11-7-6-10(19(11)18-12)9-4-2-1-3-5-9/h1-5,10H,6-8H2. The summed E-state index contributed by atoms with van der Waals surface area (Å²) in [5.74, 6) is -0.185. The Morgan fingerprint density at radius 1 is 1.25 bits per heavy atom. The van der Waals surface area contributed by atoms with Gasteiger partial charge in [0.05, 0.1) is 11.8 Å². The number of fused-ring (bicyclic) bond motifs is 1. The van der Waals surface area contributed by atoms with Gasteiger partial charge in [0.1, 0.15) is 5.82 Å². The van der Waals surface area contributed by atoms with E-state index in [-0.39, 0.29) is 11.2 Å². The lowest BCUT2D eigenvalue weighted by molar-refractivity contribution is -0.105. The highest BCUT2D eigenvalue weighted by Gasteiger charge is 2.30. The Labute approximate surface area is 118 Å². The van der Waals surface area contributed by atoms with Gasteiger partial charge in [0.15, 0.2) is 0 Å². The summed E-state index contributed by atoms with van der Waals surface area (Å²) in [5, 5.41) is 4.43. The van der Waals surface area contributed by atoms with E-state index >= 15 is 0 Å². The zero-order valence-electron chi connectivity index (χ0n) is 10.5. The van der Waals surface area contributed by atoms with E-state index in [0.717, 1.165) is 24.2 Å². The van der Waals surface area contributed by atoms with Crippen molar-refractivity contribution in [3.05, 3.63) is 41.7 Å². The largest absolute Gasteiger partial charge is 0.398 e. The van der Waals surface area contributed by atoms with Crippen molar-refractivity contribution in [1.29, 1.82) is 0 Å². The molecule has 20 heavy (non-hydrogen) atoms. The average Bonchev–Trinajstić information content (AvgIpc) is 2.96. The highest BCUT2D eigenvalue weighted by Crippen LogP contribution is 2.32. The summed E-state index contributed by atoms with van der Waals surface area (Å²) in [6.07, 6.45) is -2.55. The number of halogens is 3. The first-order valence-electron chi connectivity index (χ1n) is 6.23. The van der Waals surface area contributed by atoms with Crippen LogP contribution in [0.4, 0.5) is 13.2 Å². The molecule has 1 aliphatic rings. The molecule has 0 saturated carbocycles. The summed E-state index contributed by atoms with van der Waals surface area (Å²) in [4.78, 5) is 4.18. The van der Waals surface area contributed by atoms with Gasteiger partial charge in [-0.1, -0.05) is 42.1 Å². The Balaban J connectivity index is 1.79. The topological polar surface area (TPSA) is 30.7 Å². The van der Waals surface area contributed by atoms with E-state index < -0.39 is 11.9 Å². The fourth-order valence-electron chi connectivity index (χ4n) is 2.33. The molecule has 2 heterocycles. The Morgan fingerprint density at radius 2 is 2.00 bits per heavy atom. The summed E-state index contributed by atoms with van der Waals surface area (Å²) in [5.41, 5.74) is 1.11. The number of aryl methyl sites for hydroxylation is 1. The third kappa shape index (κ3) is 2.82. The summed E-state index contributed by atoms with van der Waals surface area (Å²) in [6, 6.07) is 9.92. The smallest absolute Gasteiger partial charge is 0.241 e. The molecule has 0 N–H and O–H groups in total. The Morgan fingerprint density at radius 3 is 2.70 bits per heavy atom. The van der Waals surface area contributed by atoms with Crippen molar-refractivity contribution in [1.82, 2.24) is 14.8 Å². The molecule has 1 aliphatic heterocycles. The van der Waals surface area contributed by atoms with Crippen LogP contribution in [0.3, 0.4) is 0 Å². The quantitative estimate of drug-likeness (QED) is 0.813. The van der Waals surface area contributed by atoms with E-state index in [9.17, 15) is 13.2 Å². The van der Waals surface area contributed by atoms with E-state index in [1.54, 1.807) is 4.68 Å². The van der Waals surface area contributed by atoms with Crippen LogP contribution in [0.2, 0.25) is 0 Å². The molecule has 0 spiro atoms. The number of benzene rings is 1. The lowest BCUT2D eigenvalue weighted by atomic mass is 10.1. The summed E-state index contributed by atoms with van der Waals surface area (Å²) >= 11 is 0.641. The highest BCUT2D eigenvalue weighted by molar-refractivity contribution is 7.99. The monoisotopic (exact) mass is 299 g/mol. The van der Waals surface area contributed by atoms with Gasteiger partial charge < -0.3 is 0 Å². The molecule has 0 fully saturated rings. The van der Waals surface area contributed by atoms with Gasteiger partial charge >= 0.3 is 6.18 Å². The Hall–Kier alpha value is -1.50. The first-order chi connectivity index (χ1) is 9.53. The second-order valence-corrected chi connectivity index (χ2v) is 5.57. The first-order valence-corrected chi connectivity index (χ1v) is 7.21. The highest BCUT2D eigenvalue weighted by atomic mass is 32.2. The number of thioether (sulfide) groups is 1. The molecule has 2 aromatic rings. The molecule has 1 atom stereocenters. The van der Waals surface area contributed by atoms with Crippen LogP contribution < -0.4 is 0 Å². The van der Waals surface area contributed by atoms with Crippen LogP contribution in [-0.2, 0) is 6.42 Å². The average molecular weight is 299 g/mol. The molecule has 1 aromatic heterocycles. The summed E-state index contributed by atoms with van der Waals surface area (Å²) in [7, 11) is 0. The molecule has 3 rings (SSSR count). The fourth-order valence-corrected chi connectivity index (χ4v) is 2.94. The van der Waals surface area contributed by atoms with Crippen molar-refractivity contribution in [2.75, 3.05) is 5.75 Å². The Kier molecular flexibility index (Phi) is 3.45. The third-order valence-electron chi connectivity index (χ3n) is 3.17. The zero-order chi connectivity index (χ0) is 14.2. The van der Waals surface area contributed by atoms with E-state index in [0.29, 0.717) is 11.8 Å². The van der Waals surface area contributed by atoms with E-state index in [1.807, 2.05) is 30.3 Å². The van der Waals surface area contributed by atoms with Crippen molar-refractivity contribution in [2.24, 2.45) is 0 Å². The molecule has 0 bridgehead atoms.